The molecule has 0 amide bonds. The molecule has 0 unspecified atom stereocenters. The van der Waals surface area contributed by atoms with Crippen molar-refractivity contribution in [3.05, 3.63) is 94.5 Å². The van der Waals surface area contributed by atoms with Crippen LogP contribution in [0.2, 0.25) is 5.02 Å². The van der Waals surface area contributed by atoms with Crippen LogP contribution in [-0.2, 0) is 0 Å². The molecule has 0 aliphatic heterocycles. The number of nitrogens with zero attached hydrogens (tertiary/aromatic N) is 2. The van der Waals surface area contributed by atoms with Gasteiger partial charge in [0.2, 0.25) is 0 Å². The Kier molecular flexibility index (Phi) is 5.17. The second-order valence-electron chi connectivity index (χ2n) is 5.90. The fourth-order valence-corrected chi connectivity index (χ4v) is 2.65. The van der Waals surface area contributed by atoms with Crippen LogP contribution < -0.4 is 5.06 Å². The molecule has 3 nitrogen and oxygen atoms in total. The number of aryl methyl sites for hydroxylation is 2. The molecular formula is C21H19ClN2O. The Morgan fingerprint density at radius 3 is 2.28 bits per heavy atom. The second-order valence-corrected chi connectivity index (χ2v) is 6.31. The Morgan fingerprint density at radius 1 is 0.880 bits per heavy atom. The fraction of sp³-hybridized carbons (Fsp3) is 0.0952. The molecule has 0 spiro atoms. The normalized spacial score (nSPS) is 11.4. The van der Waals surface area contributed by atoms with E-state index in [1.807, 2.05) is 80.6 Å². The van der Waals surface area contributed by atoms with Crippen molar-refractivity contribution in [2.45, 2.75) is 13.8 Å². The Hall–Kier alpha value is -2.62. The van der Waals surface area contributed by atoms with Gasteiger partial charge in [-0.3, -0.25) is 5.21 Å². The summed E-state index contributed by atoms with van der Waals surface area (Å²) in [5.41, 5.74) is 4.24. The number of aliphatic imine (C=N–C) groups is 1. The van der Waals surface area contributed by atoms with Gasteiger partial charge in [-0.1, -0.05) is 65.7 Å². The maximum absolute atomic E-state index is 10.8. The number of rotatable bonds is 3. The van der Waals surface area contributed by atoms with Crippen LogP contribution in [0.1, 0.15) is 16.7 Å². The van der Waals surface area contributed by atoms with Crippen molar-refractivity contribution >= 4 is 28.8 Å². The van der Waals surface area contributed by atoms with Crippen LogP contribution in [0.25, 0.3) is 0 Å². The number of para-hydroxylation sites is 1. The van der Waals surface area contributed by atoms with E-state index in [9.17, 15) is 5.21 Å². The summed E-state index contributed by atoms with van der Waals surface area (Å²) in [5.74, 6) is 0.415. The molecule has 0 saturated heterocycles. The maximum Gasteiger partial charge on any atom is 0.165 e. The zero-order valence-corrected chi connectivity index (χ0v) is 14.9. The van der Waals surface area contributed by atoms with Crippen molar-refractivity contribution in [2.75, 3.05) is 5.06 Å². The van der Waals surface area contributed by atoms with Gasteiger partial charge in [0, 0.05) is 5.56 Å². The average Bonchev–Trinajstić information content (AvgIpc) is 2.61. The van der Waals surface area contributed by atoms with Gasteiger partial charge < -0.3 is 0 Å². The quantitative estimate of drug-likeness (QED) is 0.361. The summed E-state index contributed by atoms with van der Waals surface area (Å²) < 4.78 is 0. The van der Waals surface area contributed by atoms with Crippen LogP contribution in [0.4, 0.5) is 11.4 Å². The highest BCUT2D eigenvalue weighted by Gasteiger charge is 2.15. The van der Waals surface area contributed by atoms with Crippen LogP contribution in [0.15, 0.2) is 77.8 Å². The first-order valence-electron chi connectivity index (χ1n) is 8.00. The zero-order valence-electron chi connectivity index (χ0n) is 14.1. The summed E-state index contributed by atoms with van der Waals surface area (Å²) in [6.07, 6.45) is 0. The number of hydroxylamine groups is 1. The van der Waals surface area contributed by atoms with Gasteiger partial charge in [0.05, 0.1) is 16.4 Å². The Labute approximate surface area is 152 Å². The van der Waals surface area contributed by atoms with Gasteiger partial charge in [-0.25, -0.2) is 10.1 Å². The van der Waals surface area contributed by atoms with Crippen molar-refractivity contribution in [3.8, 4) is 0 Å². The monoisotopic (exact) mass is 350 g/mol. The molecule has 25 heavy (non-hydrogen) atoms. The molecule has 0 aromatic heterocycles. The van der Waals surface area contributed by atoms with Crippen molar-refractivity contribution in [2.24, 2.45) is 4.99 Å². The molecule has 0 bridgehead atoms. The highest BCUT2D eigenvalue weighted by Crippen LogP contribution is 2.26. The van der Waals surface area contributed by atoms with Crippen LogP contribution in [-0.4, -0.2) is 11.0 Å². The van der Waals surface area contributed by atoms with E-state index in [4.69, 9.17) is 11.6 Å². The SMILES string of the molecule is Cc1ccc(C(=Nc2ccccc2Cl)N(O)c2cccc(C)c2)cc1. The molecule has 0 atom stereocenters. The van der Waals surface area contributed by atoms with Gasteiger partial charge in [0.15, 0.2) is 5.84 Å². The standard InChI is InChI=1S/C21H19ClN2O/c1-15-10-12-17(13-11-15)21(23-20-9-4-3-8-19(20)22)24(25)18-7-5-6-16(2)14-18/h3-14,25H,1-2H3. The molecule has 0 saturated carbocycles. The average molecular weight is 351 g/mol. The summed E-state index contributed by atoms with van der Waals surface area (Å²) in [6.45, 7) is 4.00. The minimum absolute atomic E-state index is 0.415. The second kappa shape index (κ2) is 7.51. The predicted octanol–water partition coefficient (Wildman–Crippen LogP) is 5.93. The number of hydrogen-bond acceptors (Lipinski definition) is 2. The summed E-state index contributed by atoms with van der Waals surface area (Å²) in [5, 5.41) is 12.5. The first-order chi connectivity index (χ1) is 12.0. The van der Waals surface area contributed by atoms with Crippen molar-refractivity contribution in [1.29, 1.82) is 0 Å². The number of anilines is 1. The van der Waals surface area contributed by atoms with E-state index in [1.165, 1.54) is 0 Å². The topological polar surface area (TPSA) is 35.8 Å². The molecule has 0 aliphatic carbocycles. The lowest BCUT2D eigenvalue weighted by atomic mass is 10.1. The summed E-state index contributed by atoms with van der Waals surface area (Å²) in [6, 6.07) is 22.8. The molecule has 0 radical (unpaired) electrons. The molecule has 0 aliphatic rings. The number of amidine groups is 1. The van der Waals surface area contributed by atoms with Crippen LogP contribution in [0, 0.1) is 13.8 Å². The van der Waals surface area contributed by atoms with E-state index in [1.54, 1.807) is 6.07 Å². The zero-order chi connectivity index (χ0) is 17.8. The van der Waals surface area contributed by atoms with Crippen molar-refractivity contribution in [3.63, 3.8) is 0 Å². The van der Waals surface area contributed by atoms with Gasteiger partial charge in [-0.15, -0.1) is 0 Å². The molecule has 126 valence electrons. The van der Waals surface area contributed by atoms with Gasteiger partial charge in [-0.05, 0) is 43.7 Å². The number of halogens is 1. The number of benzene rings is 3. The molecule has 0 fully saturated rings. The minimum Gasteiger partial charge on any atom is -0.282 e. The summed E-state index contributed by atoms with van der Waals surface area (Å²) in [7, 11) is 0. The highest BCUT2D eigenvalue weighted by atomic mass is 35.5. The lowest BCUT2D eigenvalue weighted by Gasteiger charge is -2.20. The van der Waals surface area contributed by atoms with Crippen molar-refractivity contribution < 1.29 is 5.21 Å². The lowest BCUT2D eigenvalue weighted by molar-refractivity contribution is 0.312. The van der Waals surface area contributed by atoms with E-state index >= 15 is 0 Å². The predicted molar refractivity (Wildman–Crippen MR) is 104 cm³/mol. The van der Waals surface area contributed by atoms with Gasteiger partial charge in [0.25, 0.3) is 0 Å². The van der Waals surface area contributed by atoms with E-state index in [0.29, 0.717) is 22.2 Å². The van der Waals surface area contributed by atoms with Crippen LogP contribution >= 0.6 is 11.6 Å². The third-order valence-electron chi connectivity index (χ3n) is 3.84. The number of hydrogen-bond donors (Lipinski definition) is 1. The molecule has 3 aromatic carbocycles. The first kappa shape index (κ1) is 17.2. The van der Waals surface area contributed by atoms with Gasteiger partial charge >= 0.3 is 0 Å². The minimum atomic E-state index is 0.415. The Morgan fingerprint density at radius 2 is 1.60 bits per heavy atom. The molecule has 1 N–H and O–H groups in total. The summed E-state index contributed by atoms with van der Waals surface area (Å²) in [4.78, 5) is 4.62. The van der Waals surface area contributed by atoms with Gasteiger partial charge in [0.1, 0.15) is 0 Å². The van der Waals surface area contributed by atoms with Crippen LogP contribution in [0.3, 0.4) is 0 Å². The molecule has 3 aromatic rings. The van der Waals surface area contributed by atoms with E-state index < -0.39 is 0 Å². The van der Waals surface area contributed by atoms with Crippen LogP contribution in [0.5, 0.6) is 0 Å². The molecule has 3 rings (SSSR count). The lowest BCUT2D eigenvalue weighted by Crippen LogP contribution is -2.28. The third-order valence-corrected chi connectivity index (χ3v) is 4.16. The Balaban J connectivity index is 2.12. The summed E-state index contributed by atoms with van der Waals surface area (Å²) >= 11 is 6.25. The maximum atomic E-state index is 10.8. The highest BCUT2D eigenvalue weighted by molar-refractivity contribution is 6.33. The van der Waals surface area contributed by atoms with E-state index in [0.717, 1.165) is 21.8 Å². The van der Waals surface area contributed by atoms with E-state index in [2.05, 4.69) is 4.99 Å². The Bertz CT molecular complexity index is 904. The molecular weight excluding hydrogens is 332 g/mol. The smallest absolute Gasteiger partial charge is 0.165 e. The molecule has 0 heterocycles. The largest absolute Gasteiger partial charge is 0.282 e. The van der Waals surface area contributed by atoms with E-state index in [-0.39, 0.29) is 0 Å². The molecule has 4 heteroatoms. The van der Waals surface area contributed by atoms with Crippen molar-refractivity contribution in [1.82, 2.24) is 0 Å². The first-order valence-corrected chi connectivity index (χ1v) is 8.38. The third kappa shape index (κ3) is 4.08. The van der Waals surface area contributed by atoms with Gasteiger partial charge in [-0.2, -0.15) is 0 Å². The fourth-order valence-electron chi connectivity index (χ4n) is 2.48.